The van der Waals surface area contributed by atoms with Crippen molar-refractivity contribution in [2.75, 3.05) is 13.1 Å². The Morgan fingerprint density at radius 1 is 1.35 bits per heavy atom. The van der Waals surface area contributed by atoms with Crippen LogP contribution in [0.15, 0.2) is 10.5 Å². The lowest BCUT2D eigenvalue weighted by atomic mass is 10.0. The van der Waals surface area contributed by atoms with E-state index >= 15 is 0 Å². The topological polar surface area (TPSA) is 28.4 Å². The highest BCUT2D eigenvalue weighted by Crippen LogP contribution is 2.21. The maximum atomic E-state index is 5.87. The van der Waals surface area contributed by atoms with Crippen LogP contribution in [-0.4, -0.2) is 24.0 Å². The van der Waals surface area contributed by atoms with Crippen LogP contribution in [0, 0.1) is 12.8 Å². The third-order valence-electron chi connectivity index (χ3n) is 4.26. The summed E-state index contributed by atoms with van der Waals surface area (Å²) in [4.78, 5) is 2.58. The Labute approximate surface area is 123 Å². The molecule has 0 amide bonds. The van der Waals surface area contributed by atoms with E-state index in [4.69, 9.17) is 4.42 Å². The molecule has 1 aliphatic heterocycles. The highest BCUT2D eigenvalue weighted by Gasteiger charge is 2.16. The number of hydrogen-bond donors (Lipinski definition) is 1. The van der Waals surface area contributed by atoms with Gasteiger partial charge in [0.05, 0.1) is 6.54 Å². The van der Waals surface area contributed by atoms with Crippen LogP contribution in [0.4, 0.5) is 0 Å². The molecule has 1 aliphatic rings. The van der Waals surface area contributed by atoms with Crippen LogP contribution in [0.1, 0.15) is 57.1 Å². The fourth-order valence-corrected chi connectivity index (χ4v) is 2.86. The Bertz CT molecular complexity index is 411. The number of aryl methyl sites for hydroxylation is 1. The Kier molecular flexibility index (Phi) is 5.67. The molecule has 1 unspecified atom stereocenters. The first kappa shape index (κ1) is 15.6. The van der Waals surface area contributed by atoms with Gasteiger partial charge < -0.3 is 9.73 Å². The van der Waals surface area contributed by atoms with Crippen LogP contribution in [0.3, 0.4) is 0 Å². The molecule has 1 aromatic heterocycles. The van der Waals surface area contributed by atoms with E-state index in [1.165, 1.54) is 37.9 Å². The standard InChI is InChI=1S/C17H30N2O/c1-13(2)18-11-17-10-16(15(4)20-17)12-19-8-5-6-14(3)7-9-19/h10,13-14,18H,5-9,11-12H2,1-4H3. The van der Waals surface area contributed by atoms with Crippen LogP contribution in [0.25, 0.3) is 0 Å². The first-order chi connectivity index (χ1) is 9.54. The lowest BCUT2D eigenvalue weighted by molar-refractivity contribution is 0.272. The van der Waals surface area contributed by atoms with Gasteiger partial charge in [-0.3, -0.25) is 4.90 Å². The molecule has 0 saturated carbocycles. The Hall–Kier alpha value is -0.800. The van der Waals surface area contributed by atoms with Gasteiger partial charge in [0, 0.05) is 18.2 Å². The van der Waals surface area contributed by atoms with Crippen molar-refractivity contribution < 1.29 is 4.42 Å². The summed E-state index contributed by atoms with van der Waals surface area (Å²) < 4.78 is 5.87. The van der Waals surface area contributed by atoms with Gasteiger partial charge in [0.1, 0.15) is 11.5 Å². The molecule has 0 bridgehead atoms. The zero-order valence-corrected chi connectivity index (χ0v) is 13.5. The normalized spacial score (nSPS) is 21.4. The monoisotopic (exact) mass is 278 g/mol. The Morgan fingerprint density at radius 3 is 2.90 bits per heavy atom. The minimum absolute atomic E-state index is 0.496. The van der Waals surface area contributed by atoms with Crippen LogP contribution >= 0.6 is 0 Å². The third kappa shape index (κ3) is 4.64. The van der Waals surface area contributed by atoms with Gasteiger partial charge in [0.2, 0.25) is 0 Å². The first-order valence-electron chi connectivity index (χ1n) is 8.08. The maximum absolute atomic E-state index is 5.87. The molecular weight excluding hydrogens is 248 g/mol. The fraction of sp³-hybridized carbons (Fsp3) is 0.765. The molecule has 114 valence electrons. The van der Waals surface area contributed by atoms with Crippen molar-refractivity contribution in [2.24, 2.45) is 5.92 Å². The van der Waals surface area contributed by atoms with Gasteiger partial charge in [-0.05, 0) is 51.3 Å². The molecule has 2 heterocycles. The van der Waals surface area contributed by atoms with Crippen molar-refractivity contribution in [3.05, 3.63) is 23.2 Å². The molecular formula is C17H30N2O. The SMILES string of the molecule is Cc1oc(CNC(C)C)cc1CN1CCCC(C)CC1. The van der Waals surface area contributed by atoms with E-state index in [0.717, 1.165) is 30.5 Å². The van der Waals surface area contributed by atoms with Crippen LogP contribution in [0.2, 0.25) is 0 Å². The quantitative estimate of drug-likeness (QED) is 0.890. The summed E-state index contributed by atoms with van der Waals surface area (Å²) in [7, 11) is 0. The molecule has 1 fully saturated rings. The summed E-state index contributed by atoms with van der Waals surface area (Å²) >= 11 is 0. The molecule has 20 heavy (non-hydrogen) atoms. The molecule has 0 aliphatic carbocycles. The van der Waals surface area contributed by atoms with Crippen molar-refractivity contribution >= 4 is 0 Å². The van der Waals surface area contributed by atoms with E-state index in [1.807, 2.05) is 0 Å². The minimum atomic E-state index is 0.496. The molecule has 2 rings (SSSR count). The summed E-state index contributed by atoms with van der Waals surface area (Å²) in [6, 6.07) is 2.73. The third-order valence-corrected chi connectivity index (χ3v) is 4.26. The lowest BCUT2D eigenvalue weighted by Crippen LogP contribution is -2.24. The van der Waals surface area contributed by atoms with Crippen LogP contribution < -0.4 is 5.32 Å². The zero-order valence-electron chi connectivity index (χ0n) is 13.5. The van der Waals surface area contributed by atoms with E-state index in [9.17, 15) is 0 Å². The molecule has 1 atom stereocenters. The van der Waals surface area contributed by atoms with Crippen LogP contribution in [0.5, 0.6) is 0 Å². The first-order valence-corrected chi connectivity index (χ1v) is 8.08. The second kappa shape index (κ2) is 7.28. The maximum Gasteiger partial charge on any atom is 0.118 e. The smallest absolute Gasteiger partial charge is 0.118 e. The van der Waals surface area contributed by atoms with E-state index in [1.54, 1.807) is 0 Å². The molecule has 1 N–H and O–H groups in total. The molecule has 1 aromatic rings. The summed E-state index contributed by atoms with van der Waals surface area (Å²) in [6.07, 6.45) is 4.04. The molecule has 0 aromatic carbocycles. The van der Waals surface area contributed by atoms with Gasteiger partial charge in [-0.2, -0.15) is 0 Å². The average Bonchev–Trinajstić information content (AvgIpc) is 2.59. The number of nitrogens with zero attached hydrogens (tertiary/aromatic N) is 1. The summed E-state index contributed by atoms with van der Waals surface area (Å²) in [5.41, 5.74) is 1.36. The Morgan fingerprint density at radius 2 is 2.15 bits per heavy atom. The number of likely N-dealkylation sites (tertiary alicyclic amines) is 1. The predicted octanol–water partition coefficient (Wildman–Crippen LogP) is 3.71. The van der Waals surface area contributed by atoms with E-state index in [0.29, 0.717) is 6.04 Å². The van der Waals surface area contributed by atoms with Gasteiger partial charge in [0.25, 0.3) is 0 Å². The predicted molar refractivity (Wildman–Crippen MR) is 83.7 cm³/mol. The minimum Gasteiger partial charge on any atom is -0.465 e. The van der Waals surface area contributed by atoms with Crippen LogP contribution in [-0.2, 0) is 13.1 Å². The van der Waals surface area contributed by atoms with Gasteiger partial charge in [-0.15, -0.1) is 0 Å². The largest absolute Gasteiger partial charge is 0.465 e. The van der Waals surface area contributed by atoms with E-state index < -0.39 is 0 Å². The van der Waals surface area contributed by atoms with Crippen molar-refractivity contribution in [1.29, 1.82) is 0 Å². The highest BCUT2D eigenvalue weighted by atomic mass is 16.3. The van der Waals surface area contributed by atoms with Crippen molar-refractivity contribution in [3.8, 4) is 0 Å². The Balaban J connectivity index is 1.91. The summed E-state index contributed by atoms with van der Waals surface area (Å²) in [5, 5.41) is 3.41. The van der Waals surface area contributed by atoms with Crippen molar-refractivity contribution in [1.82, 2.24) is 10.2 Å². The van der Waals surface area contributed by atoms with E-state index in [-0.39, 0.29) is 0 Å². The van der Waals surface area contributed by atoms with Crippen molar-refractivity contribution in [3.63, 3.8) is 0 Å². The molecule has 0 spiro atoms. The lowest BCUT2D eigenvalue weighted by Gasteiger charge is -2.19. The zero-order chi connectivity index (χ0) is 14.5. The number of rotatable bonds is 5. The number of nitrogens with one attached hydrogen (secondary N) is 1. The summed E-state index contributed by atoms with van der Waals surface area (Å²) in [5.74, 6) is 3.04. The number of furan rings is 1. The van der Waals surface area contributed by atoms with Crippen molar-refractivity contribution in [2.45, 2.75) is 66.1 Å². The fourth-order valence-electron chi connectivity index (χ4n) is 2.86. The average molecular weight is 278 g/mol. The second-order valence-electron chi connectivity index (χ2n) is 6.64. The molecule has 1 saturated heterocycles. The van der Waals surface area contributed by atoms with Gasteiger partial charge in [0.15, 0.2) is 0 Å². The van der Waals surface area contributed by atoms with E-state index in [2.05, 4.69) is 44.0 Å². The second-order valence-corrected chi connectivity index (χ2v) is 6.64. The van der Waals surface area contributed by atoms with Gasteiger partial charge in [-0.25, -0.2) is 0 Å². The number of hydrogen-bond acceptors (Lipinski definition) is 3. The molecule has 3 nitrogen and oxygen atoms in total. The molecule has 3 heteroatoms. The summed E-state index contributed by atoms with van der Waals surface area (Å²) in [6.45, 7) is 13.1. The van der Waals surface area contributed by atoms with Gasteiger partial charge >= 0.3 is 0 Å². The van der Waals surface area contributed by atoms with Gasteiger partial charge in [-0.1, -0.05) is 20.8 Å². The molecule has 0 radical (unpaired) electrons. The highest BCUT2D eigenvalue weighted by molar-refractivity contribution is 5.20.